The van der Waals surface area contributed by atoms with E-state index in [2.05, 4.69) is 5.32 Å². The minimum absolute atomic E-state index is 0.0831. The second-order valence-electron chi connectivity index (χ2n) is 5.29. The molecule has 0 bridgehead atoms. The number of anilines is 2. The van der Waals surface area contributed by atoms with Gasteiger partial charge in [-0.25, -0.2) is 0 Å². The van der Waals surface area contributed by atoms with Gasteiger partial charge in [0.25, 0.3) is 0 Å². The molecule has 0 heterocycles. The number of methoxy groups -OCH3 is 1. The van der Waals surface area contributed by atoms with E-state index < -0.39 is 10.8 Å². The van der Waals surface area contributed by atoms with E-state index in [9.17, 15) is 9.00 Å². The lowest BCUT2D eigenvalue weighted by Crippen LogP contribution is -2.23. The van der Waals surface area contributed by atoms with Crippen molar-refractivity contribution in [2.24, 2.45) is 5.92 Å². The van der Waals surface area contributed by atoms with E-state index in [1.165, 1.54) is 7.11 Å². The Balaban J connectivity index is 2.58. The Morgan fingerprint density at radius 3 is 2.62 bits per heavy atom. The van der Waals surface area contributed by atoms with Gasteiger partial charge < -0.3 is 15.8 Å². The van der Waals surface area contributed by atoms with E-state index in [1.54, 1.807) is 18.2 Å². The summed E-state index contributed by atoms with van der Waals surface area (Å²) in [5, 5.41) is 2.83. The lowest BCUT2D eigenvalue weighted by molar-refractivity contribution is -0.115. The number of nitrogens with one attached hydrogen (secondary N) is 1. The van der Waals surface area contributed by atoms with Crippen LogP contribution in [-0.4, -0.2) is 28.2 Å². The van der Waals surface area contributed by atoms with E-state index in [-0.39, 0.29) is 17.6 Å². The molecule has 1 aromatic rings. The molecule has 1 aromatic carbocycles. The largest absolute Gasteiger partial charge is 0.495 e. The van der Waals surface area contributed by atoms with Gasteiger partial charge in [0, 0.05) is 33.9 Å². The molecule has 1 amide bonds. The molecular formula is C15H24N2O3S. The van der Waals surface area contributed by atoms with Crippen LogP contribution in [-0.2, 0) is 15.6 Å². The Bertz CT molecular complexity index is 518. The highest BCUT2D eigenvalue weighted by atomic mass is 32.2. The molecule has 2 unspecified atom stereocenters. The molecule has 6 heteroatoms. The number of nitrogens with two attached hydrogens (primary N) is 1. The van der Waals surface area contributed by atoms with Crippen LogP contribution in [0.4, 0.5) is 11.4 Å². The Morgan fingerprint density at radius 2 is 2.05 bits per heavy atom. The van der Waals surface area contributed by atoms with Crippen LogP contribution in [0.5, 0.6) is 5.75 Å². The monoisotopic (exact) mass is 312 g/mol. The first kappa shape index (κ1) is 17.5. The molecule has 3 N–H and O–H groups in total. The van der Waals surface area contributed by atoms with Crippen molar-refractivity contribution in [1.82, 2.24) is 0 Å². The fourth-order valence-corrected chi connectivity index (χ4v) is 3.08. The van der Waals surface area contributed by atoms with Crippen LogP contribution >= 0.6 is 0 Å². The zero-order valence-electron chi connectivity index (χ0n) is 13.0. The quantitative estimate of drug-likeness (QED) is 0.758. The van der Waals surface area contributed by atoms with Crippen LogP contribution < -0.4 is 15.8 Å². The minimum Gasteiger partial charge on any atom is -0.495 e. The molecular weight excluding hydrogens is 288 g/mol. The van der Waals surface area contributed by atoms with Gasteiger partial charge in [0.1, 0.15) is 5.75 Å². The van der Waals surface area contributed by atoms with Crippen molar-refractivity contribution >= 4 is 28.1 Å². The number of carbonyl (C=O) groups excluding carboxylic acids is 1. The Kier molecular flexibility index (Phi) is 6.68. The minimum atomic E-state index is -1.00. The van der Waals surface area contributed by atoms with Gasteiger partial charge in [-0.3, -0.25) is 9.00 Å². The summed E-state index contributed by atoms with van der Waals surface area (Å²) in [6, 6.07) is 5.04. The summed E-state index contributed by atoms with van der Waals surface area (Å²) in [5.41, 5.74) is 6.77. The molecule has 21 heavy (non-hydrogen) atoms. The van der Waals surface area contributed by atoms with Crippen molar-refractivity contribution in [3.05, 3.63) is 18.2 Å². The van der Waals surface area contributed by atoms with Crippen LogP contribution in [0.25, 0.3) is 0 Å². The third-order valence-corrected chi connectivity index (χ3v) is 5.36. The first-order valence-corrected chi connectivity index (χ1v) is 8.34. The van der Waals surface area contributed by atoms with E-state index in [0.717, 1.165) is 0 Å². The van der Waals surface area contributed by atoms with Crippen molar-refractivity contribution in [1.29, 1.82) is 0 Å². The molecule has 0 saturated carbocycles. The zero-order valence-corrected chi connectivity index (χ0v) is 13.8. The Labute approximate surface area is 128 Å². The molecule has 118 valence electrons. The number of ether oxygens (including phenoxy) is 1. The van der Waals surface area contributed by atoms with Crippen LogP contribution in [0.2, 0.25) is 0 Å². The third kappa shape index (κ3) is 5.38. The van der Waals surface area contributed by atoms with Gasteiger partial charge >= 0.3 is 0 Å². The van der Waals surface area contributed by atoms with Crippen molar-refractivity contribution in [2.45, 2.75) is 32.4 Å². The van der Waals surface area contributed by atoms with Gasteiger partial charge in [-0.05, 0) is 24.1 Å². The number of rotatable bonds is 7. The second-order valence-corrected chi connectivity index (χ2v) is 7.21. The molecule has 0 fully saturated rings. The zero-order chi connectivity index (χ0) is 16.0. The highest BCUT2D eigenvalue weighted by Crippen LogP contribution is 2.26. The summed E-state index contributed by atoms with van der Waals surface area (Å²) in [5.74, 6) is 1.05. The van der Waals surface area contributed by atoms with Gasteiger partial charge in [0.2, 0.25) is 5.91 Å². The molecule has 5 nitrogen and oxygen atoms in total. The number of amides is 1. The van der Waals surface area contributed by atoms with Crippen LogP contribution in [0.15, 0.2) is 18.2 Å². The van der Waals surface area contributed by atoms with Crippen molar-refractivity contribution in [3.63, 3.8) is 0 Å². The average molecular weight is 312 g/mol. The van der Waals surface area contributed by atoms with Crippen LogP contribution in [0.3, 0.4) is 0 Å². The summed E-state index contributed by atoms with van der Waals surface area (Å²) in [6.07, 6.45) is 0.210. The smallest absolute Gasteiger partial charge is 0.225 e. The molecule has 0 saturated heterocycles. The van der Waals surface area contributed by atoms with Crippen molar-refractivity contribution < 1.29 is 13.7 Å². The Morgan fingerprint density at radius 1 is 1.38 bits per heavy atom. The predicted molar refractivity (Wildman–Crippen MR) is 88.0 cm³/mol. The average Bonchev–Trinajstić information content (AvgIpc) is 2.44. The molecule has 0 aliphatic heterocycles. The van der Waals surface area contributed by atoms with Crippen LogP contribution in [0.1, 0.15) is 27.2 Å². The normalized spacial score (nSPS) is 13.8. The van der Waals surface area contributed by atoms with Gasteiger partial charge in [0.05, 0.1) is 12.8 Å². The first-order valence-electron chi connectivity index (χ1n) is 6.95. The molecule has 1 rings (SSSR count). The highest BCUT2D eigenvalue weighted by Gasteiger charge is 2.16. The lowest BCUT2D eigenvalue weighted by Gasteiger charge is -2.15. The van der Waals surface area contributed by atoms with Crippen molar-refractivity contribution in [3.8, 4) is 5.75 Å². The maximum absolute atomic E-state index is 12.0. The molecule has 0 aliphatic carbocycles. The number of hydrogen-bond acceptors (Lipinski definition) is 4. The molecule has 0 aliphatic rings. The van der Waals surface area contributed by atoms with Gasteiger partial charge in [-0.2, -0.15) is 0 Å². The van der Waals surface area contributed by atoms with Gasteiger partial charge in [0.15, 0.2) is 0 Å². The molecule has 0 aromatic heterocycles. The predicted octanol–water partition coefficient (Wildman–Crippen LogP) is 2.40. The number of carbonyl (C=O) groups is 1. The Hall–Kier alpha value is -1.56. The molecule has 0 spiro atoms. The first-order chi connectivity index (χ1) is 9.85. The summed E-state index contributed by atoms with van der Waals surface area (Å²) < 4.78 is 17.2. The summed E-state index contributed by atoms with van der Waals surface area (Å²) >= 11 is 0. The molecule has 2 atom stereocenters. The van der Waals surface area contributed by atoms with Crippen LogP contribution in [0, 0.1) is 5.92 Å². The molecule has 0 radical (unpaired) electrons. The second kappa shape index (κ2) is 8.02. The summed E-state index contributed by atoms with van der Waals surface area (Å²) in [7, 11) is 0.527. The number of benzene rings is 1. The van der Waals surface area contributed by atoms with E-state index >= 15 is 0 Å². The number of hydrogen-bond donors (Lipinski definition) is 2. The standard InChI is InChI=1S/C15H24N2O3S/c1-10(2)11(3)21(19)8-7-15(18)17-13-9-12(16)5-6-14(13)20-4/h5-6,9-11H,7-8,16H2,1-4H3,(H,17,18). The SMILES string of the molecule is COc1ccc(N)cc1NC(=O)CCS(=O)C(C)C(C)C. The topological polar surface area (TPSA) is 81.4 Å². The van der Waals surface area contributed by atoms with Gasteiger partial charge in [-0.1, -0.05) is 20.8 Å². The van der Waals surface area contributed by atoms with Crippen molar-refractivity contribution in [2.75, 3.05) is 23.9 Å². The van der Waals surface area contributed by atoms with E-state index in [1.807, 2.05) is 20.8 Å². The van der Waals surface area contributed by atoms with E-state index in [0.29, 0.717) is 28.8 Å². The number of nitrogen functional groups attached to an aromatic ring is 1. The summed E-state index contributed by atoms with van der Waals surface area (Å²) in [6.45, 7) is 6.00. The van der Waals surface area contributed by atoms with E-state index in [4.69, 9.17) is 10.5 Å². The third-order valence-electron chi connectivity index (χ3n) is 3.38. The maximum Gasteiger partial charge on any atom is 0.225 e. The van der Waals surface area contributed by atoms with Gasteiger partial charge in [-0.15, -0.1) is 0 Å². The fourth-order valence-electron chi connectivity index (χ4n) is 1.72. The fraction of sp³-hybridized carbons (Fsp3) is 0.533. The highest BCUT2D eigenvalue weighted by molar-refractivity contribution is 7.85. The maximum atomic E-state index is 12.0. The lowest BCUT2D eigenvalue weighted by atomic mass is 10.2. The summed E-state index contributed by atoms with van der Waals surface area (Å²) in [4.78, 5) is 11.9.